The SMILES string of the molecule is COc1ccc(Cl)cc1NC(=O)CSC1=Nc2ccccc2C2=NC(=O)C(CC(=O)NC3CCCCC3)N12. The van der Waals surface area contributed by atoms with Gasteiger partial charge in [0.2, 0.25) is 11.8 Å². The van der Waals surface area contributed by atoms with Crippen LogP contribution in [0.3, 0.4) is 0 Å². The number of benzene rings is 2. The van der Waals surface area contributed by atoms with Crippen molar-refractivity contribution >= 4 is 63.5 Å². The molecule has 0 bridgehead atoms. The summed E-state index contributed by atoms with van der Waals surface area (Å²) in [4.78, 5) is 49.5. The van der Waals surface area contributed by atoms with E-state index in [1.54, 1.807) is 23.1 Å². The molecule has 0 spiro atoms. The van der Waals surface area contributed by atoms with Crippen molar-refractivity contribution in [3.63, 3.8) is 0 Å². The summed E-state index contributed by atoms with van der Waals surface area (Å²) in [6, 6.07) is 11.7. The molecule has 2 N–H and O–H groups in total. The van der Waals surface area contributed by atoms with Crippen molar-refractivity contribution in [1.82, 2.24) is 10.2 Å². The molecule has 3 aliphatic rings. The second-order valence-electron chi connectivity index (χ2n) is 9.36. The number of carbonyl (C=O) groups is 3. The Morgan fingerprint density at radius 3 is 2.68 bits per heavy atom. The van der Waals surface area contributed by atoms with Crippen LogP contribution in [0.4, 0.5) is 11.4 Å². The zero-order valence-electron chi connectivity index (χ0n) is 20.9. The molecular formula is C27H28ClN5O4S. The highest BCUT2D eigenvalue weighted by Gasteiger charge is 2.43. The number of methoxy groups -OCH3 is 1. The number of nitrogens with zero attached hydrogens (tertiary/aromatic N) is 3. The first-order valence-corrected chi connectivity index (χ1v) is 13.9. The highest BCUT2D eigenvalue weighted by Crippen LogP contribution is 2.35. The fourth-order valence-electron chi connectivity index (χ4n) is 4.91. The third kappa shape index (κ3) is 5.71. The molecule has 1 aliphatic carbocycles. The zero-order valence-corrected chi connectivity index (χ0v) is 22.5. The molecule has 0 radical (unpaired) electrons. The lowest BCUT2D eigenvalue weighted by atomic mass is 9.95. The average molecular weight is 554 g/mol. The van der Waals surface area contributed by atoms with E-state index in [-0.39, 0.29) is 30.0 Å². The smallest absolute Gasteiger partial charge is 0.271 e. The molecule has 38 heavy (non-hydrogen) atoms. The van der Waals surface area contributed by atoms with Gasteiger partial charge < -0.3 is 15.4 Å². The quantitative estimate of drug-likeness (QED) is 0.521. The average Bonchev–Trinajstić information content (AvgIpc) is 3.24. The molecule has 198 valence electrons. The van der Waals surface area contributed by atoms with E-state index in [9.17, 15) is 14.4 Å². The van der Waals surface area contributed by atoms with Crippen molar-refractivity contribution in [2.75, 3.05) is 18.2 Å². The van der Waals surface area contributed by atoms with Crippen LogP contribution in [0.15, 0.2) is 52.4 Å². The number of hydrogen-bond donors (Lipinski definition) is 2. The number of ether oxygens (including phenoxy) is 1. The van der Waals surface area contributed by atoms with Crippen LogP contribution in [-0.2, 0) is 14.4 Å². The van der Waals surface area contributed by atoms with E-state index in [1.165, 1.54) is 25.3 Å². The monoisotopic (exact) mass is 553 g/mol. The fraction of sp³-hybridized carbons (Fsp3) is 0.370. The van der Waals surface area contributed by atoms with Crippen molar-refractivity contribution in [2.24, 2.45) is 9.98 Å². The van der Waals surface area contributed by atoms with Crippen molar-refractivity contribution in [3.8, 4) is 5.75 Å². The molecule has 0 saturated heterocycles. The van der Waals surface area contributed by atoms with Gasteiger partial charge in [-0.25, -0.2) is 4.99 Å². The Labute approximate surface area is 230 Å². The highest BCUT2D eigenvalue weighted by atomic mass is 35.5. The number of amides is 3. The number of anilines is 1. The van der Waals surface area contributed by atoms with Gasteiger partial charge >= 0.3 is 0 Å². The molecule has 1 unspecified atom stereocenters. The number of carbonyl (C=O) groups excluding carboxylic acids is 3. The molecule has 3 amide bonds. The minimum Gasteiger partial charge on any atom is -0.495 e. The summed E-state index contributed by atoms with van der Waals surface area (Å²) < 4.78 is 5.31. The normalized spacial score (nSPS) is 18.7. The molecule has 2 aliphatic heterocycles. The number of fused-ring (bicyclic) bond motifs is 3. The molecular weight excluding hydrogens is 526 g/mol. The predicted molar refractivity (Wildman–Crippen MR) is 149 cm³/mol. The van der Waals surface area contributed by atoms with E-state index in [2.05, 4.69) is 15.6 Å². The standard InChI is InChI=1S/C27H28ClN5O4S/c1-37-22-12-11-16(28)13-20(22)30-24(35)15-38-27-31-19-10-6-5-9-18(19)25-32-26(36)21(33(25)27)14-23(34)29-17-7-3-2-4-8-17/h5-6,9-13,17,21H,2-4,7-8,14-15H2,1H3,(H,29,34)(H,30,35). The predicted octanol–water partition coefficient (Wildman–Crippen LogP) is 4.52. The summed E-state index contributed by atoms with van der Waals surface area (Å²) in [5, 5.41) is 6.81. The molecule has 1 saturated carbocycles. The van der Waals surface area contributed by atoms with Crippen molar-refractivity contribution < 1.29 is 19.1 Å². The van der Waals surface area contributed by atoms with Crippen LogP contribution in [0.1, 0.15) is 44.1 Å². The topological polar surface area (TPSA) is 112 Å². The van der Waals surface area contributed by atoms with Crippen molar-refractivity contribution in [2.45, 2.75) is 50.6 Å². The van der Waals surface area contributed by atoms with Gasteiger partial charge in [-0.15, -0.1) is 0 Å². The van der Waals surface area contributed by atoms with E-state index in [4.69, 9.17) is 21.3 Å². The Morgan fingerprint density at radius 1 is 1.11 bits per heavy atom. The van der Waals surface area contributed by atoms with Gasteiger partial charge in [0.05, 0.1) is 30.7 Å². The van der Waals surface area contributed by atoms with Gasteiger partial charge in [0.1, 0.15) is 17.6 Å². The van der Waals surface area contributed by atoms with Gasteiger partial charge in [0, 0.05) is 16.6 Å². The second-order valence-corrected chi connectivity index (χ2v) is 10.7. The van der Waals surface area contributed by atoms with Crippen LogP contribution in [0.25, 0.3) is 0 Å². The largest absolute Gasteiger partial charge is 0.495 e. The van der Waals surface area contributed by atoms with Gasteiger partial charge in [-0.1, -0.05) is 54.8 Å². The minimum absolute atomic E-state index is 0.00955. The Morgan fingerprint density at radius 2 is 1.89 bits per heavy atom. The first kappa shape index (κ1) is 26.2. The molecule has 2 heterocycles. The number of para-hydroxylation sites is 1. The number of nitrogens with one attached hydrogen (secondary N) is 2. The maximum Gasteiger partial charge on any atom is 0.271 e. The Bertz CT molecular complexity index is 1320. The van der Waals surface area contributed by atoms with Gasteiger partial charge in [-0.05, 0) is 43.2 Å². The first-order valence-electron chi connectivity index (χ1n) is 12.6. The molecule has 11 heteroatoms. The zero-order chi connectivity index (χ0) is 26.6. The Kier molecular flexibility index (Phi) is 7.99. The van der Waals surface area contributed by atoms with Crippen LogP contribution in [0.2, 0.25) is 5.02 Å². The summed E-state index contributed by atoms with van der Waals surface area (Å²) in [5.41, 5.74) is 1.83. The lowest BCUT2D eigenvalue weighted by Crippen LogP contribution is -2.47. The summed E-state index contributed by atoms with van der Waals surface area (Å²) in [5.74, 6) is 0.0800. The number of hydrogen-bond acceptors (Lipinski definition) is 7. The highest BCUT2D eigenvalue weighted by molar-refractivity contribution is 8.14. The van der Waals surface area contributed by atoms with E-state index in [1.807, 2.05) is 24.3 Å². The molecule has 9 nitrogen and oxygen atoms in total. The summed E-state index contributed by atoms with van der Waals surface area (Å²) in [6.45, 7) is 0. The Balaban J connectivity index is 1.33. The summed E-state index contributed by atoms with van der Waals surface area (Å²) >= 11 is 7.26. The summed E-state index contributed by atoms with van der Waals surface area (Å²) in [6.07, 6.45) is 5.26. The maximum atomic E-state index is 13.0. The second kappa shape index (κ2) is 11.6. The van der Waals surface area contributed by atoms with Crippen molar-refractivity contribution in [1.29, 1.82) is 0 Å². The molecule has 1 atom stereocenters. The van der Waals surface area contributed by atoms with Crippen LogP contribution >= 0.6 is 23.4 Å². The van der Waals surface area contributed by atoms with Gasteiger partial charge in [-0.2, -0.15) is 4.99 Å². The number of rotatable bonds is 7. The number of aliphatic imine (C=N–C) groups is 2. The molecule has 0 aromatic heterocycles. The first-order chi connectivity index (χ1) is 18.4. The third-order valence-corrected chi connectivity index (χ3v) is 7.91. The van der Waals surface area contributed by atoms with Crippen LogP contribution in [0, 0.1) is 0 Å². The van der Waals surface area contributed by atoms with Gasteiger partial charge in [-0.3, -0.25) is 19.3 Å². The van der Waals surface area contributed by atoms with E-state index in [0.29, 0.717) is 38.7 Å². The molecule has 2 aromatic rings. The molecule has 2 aromatic carbocycles. The fourth-order valence-corrected chi connectivity index (χ4v) is 5.93. The molecule has 5 rings (SSSR count). The van der Waals surface area contributed by atoms with E-state index < -0.39 is 11.9 Å². The summed E-state index contributed by atoms with van der Waals surface area (Å²) in [7, 11) is 1.51. The van der Waals surface area contributed by atoms with Crippen LogP contribution in [-0.4, -0.2) is 58.6 Å². The lowest BCUT2D eigenvalue weighted by Gasteiger charge is -2.31. The van der Waals surface area contributed by atoms with Crippen molar-refractivity contribution in [3.05, 3.63) is 53.1 Å². The third-order valence-electron chi connectivity index (χ3n) is 6.73. The van der Waals surface area contributed by atoms with Crippen LogP contribution < -0.4 is 15.4 Å². The van der Waals surface area contributed by atoms with Gasteiger partial charge in [0.25, 0.3) is 5.91 Å². The van der Waals surface area contributed by atoms with Crippen LogP contribution in [0.5, 0.6) is 5.75 Å². The van der Waals surface area contributed by atoms with Gasteiger partial charge in [0.15, 0.2) is 5.17 Å². The number of amidine groups is 2. The van der Waals surface area contributed by atoms with E-state index in [0.717, 1.165) is 25.7 Å². The lowest BCUT2D eigenvalue weighted by molar-refractivity contribution is -0.127. The number of halogens is 1. The number of thioether (sulfide) groups is 1. The van der Waals surface area contributed by atoms with E-state index >= 15 is 0 Å². The maximum absolute atomic E-state index is 13.0. The Hall–Kier alpha value is -3.37. The minimum atomic E-state index is -0.815. The molecule has 1 fully saturated rings.